The molecule has 98 valence electrons. The number of rotatable bonds is 4. The van der Waals surface area contributed by atoms with Gasteiger partial charge in [0.05, 0.1) is 12.8 Å². The van der Waals surface area contributed by atoms with Crippen molar-refractivity contribution in [3.8, 4) is 17.0 Å². The van der Waals surface area contributed by atoms with Crippen molar-refractivity contribution in [1.29, 1.82) is 0 Å². The molecule has 0 bridgehead atoms. The van der Waals surface area contributed by atoms with E-state index in [-0.39, 0.29) is 0 Å². The fourth-order valence-electron chi connectivity index (χ4n) is 2.30. The summed E-state index contributed by atoms with van der Waals surface area (Å²) in [4.78, 5) is 8.88. The zero-order valence-corrected chi connectivity index (χ0v) is 10.8. The standard InChI is InChI=1S/C14H16N4O/c1-19-11-3-2-9-6-10-8-17-14(16-5-4-15)18-13(10)12(9)7-11/h2-3,7-8H,4-6,15H2,1H3,(H,16,17,18). The molecule has 2 aromatic rings. The Hall–Kier alpha value is -2.14. The topological polar surface area (TPSA) is 73.1 Å². The van der Waals surface area contributed by atoms with Crippen LogP contribution in [-0.2, 0) is 6.42 Å². The molecule has 0 unspecified atom stereocenters. The predicted octanol–water partition coefficient (Wildman–Crippen LogP) is 1.43. The highest BCUT2D eigenvalue weighted by Crippen LogP contribution is 2.37. The van der Waals surface area contributed by atoms with Crippen LogP contribution in [0, 0.1) is 0 Å². The Morgan fingerprint density at radius 3 is 3.05 bits per heavy atom. The molecule has 0 saturated carbocycles. The van der Waals surface area contributed by atoms with E-state index in [1.807, 2.05) is 18.3 Å². The van der Waals surface area contributed by atoms with E-state index < -0.39 is 0 Å². The fourth-order valence-corrected chi connectivity index (χ4v) is 2.30. The fraction of sp³-hybridized carbons (Fsp3) is 0.286. The normalized spacial score (nSPS) is 11.9. The second kappa shape index (κ2) is 4.85. The van der Waals surface area contributed by atoms with Crippen molar-refractivity contribution < 1.29 is 4.74 Å². The van der Waals surface area contributed by atoms with Gasteiger partial charge in [0.25, 0.3) is 0 Å². The van der Waals surface area contributed by atoms with Gasteiger partial charge in [-0.05, 0) is 17.7 Å². The Morgan fingerprint density at radius 1 is 1.37 bits per heavy atom. The quantitative estimate of drug-likeness (QED) is 0.738. The molecule has 1 aromatic heterocycles. The number of ether oxygens (including phenoxy) is 1. The summed E-state index contributed by atoms with van der Waals surface area (Å²) >= 11 is 0. The molecule has 1 aliphatic carbocycles. The van der Waals surface area contributed by atoms with Crippen molar-refractivity contribution in [2.75, 3.05) is 25.5 Å². The largest absolute Gasteiger partial charge is 0.497 e. The number of hydrogen-bond acceptors (Lipinski definition) is 5. The van der Waals surface area contributed by atoms with Gasteiger partial charge in [-0.3, -0.25) is 0 Å². The minimum absolute atomic E-state index is 0.560. The van der Waals surface area contributed by atoms with Gasteiger partial charge in [0.15, 0.2) is 0 Å². The Balaban J connectivity index is 2.00. The monoisotopic (exact) mass is 256 g/mol. The molecule has 0 atom stereocenters. The van der Waals surface area contributed by atoms with Crippen molar-refractivity contribution in [3.63, 3.8) is 0 Å². The number of methoxy groups -OCH3 is 1. The van der Waals surface area contributed by atoms with Gasteiger partial charge in [0, 0.05) is 36.8 Å². The molecule has 19 heavy (non-hydrogen) atoms. The van der Waals surface area contributed by atoms with Crippen LogP contribution in [0.1, 0.15) is 11.1 Å². The van der Waals surface area contributed by atoms with Crippen molar-refractivity contribution in [2.24, 2.45) is 5.73 Å². The first kappa shape index (κ1) is 11.9. The summed E-state index contributed by atoms with van der Waals surface area (Å²) in [6.07, 6.45) is 2.76. The lowest BCUT2D eigenvalue weighted by Gasteiger charge is -2.06. The number of hydrogen-bond donors (Lipinski definition) is 2. The van der Waals surface area contributed by atoms with Gasteiger partial charge in [0.1, 0.15) is 5.75 Å². The zero-order valence-electron chi connectivity index (χ0n) is 10.8. The van der Waals surface area contributed by atoms with E-state index in [1.165, 1.54) is 5.56 Å². The van der Waals surface area contributed by atoms with Crippen LogP contribution < -0.4 is 15.8 Å². The molecule has 0 radical (unpaired) electrons. The summed E-state index contributed by atoms with van der Waals surface area (Å²) in [6, 6.07) is 6.09. The second-order valence-electron chi connectivity index (χ2n) is 4.48. The van der Waals surface area contributed by atoms with Gasteiger partial charge < -0.3 is 15.8 Å². The van der Waals surface area contributed by atoms with Crippen LogP contribution >= 0.6 is 0 Å². The Morgan fingerprint density at radius 2 is 2.26 bits per heavy atom. The number of nitrogens with one attached hydrogen (secondary N) is 1. The van der Waals surface area contributed by atoms with E-state index in [1.54, 1.807) is 7.11 Å². The Bertz CT molecular complexity index is 612. The third-order valence-corrected chi connectivity index (χ3v) is 3.25. The van der Waals surface area contributed by atoms with E-state index in [0.29, 0.717) is 19.0 Å². The van der Waals surface area contributed by atoms with Crippen LogP contribution in [0.25, 0.3) is 11.3 Å². The van der Waals surface area contributed by atoms with Crippen LogP contribution in [0.15, 0.2) is 24.4 Å². The van der Waals surface area contributed by atoms with Gasteiger partial charge in [-0.2, -0.15) is 0 Å². The van der Waals surface area contributed by atoms with E-state index in [2.05, 4.69) is 21.4 Å². The summed E-state index contributed by atoms with van der Waals surface area (Å²) in [7, 11) is 1.67. The average Bonchev–Trinajstić information content (AvgIpc) is 2.82. The molecular weight excluding hydrogens is 240 g/mol. The maximum absolute atomic E-state index is 5.47. The second-order valence-corrected chi connectivity index (χ2v) is 4.48. The molecule has 0 aliphatic heterocycles. The lowest BCUT2D eigenvalue weighted by molar-refractivity contribution is 0.415. The van der Waals surface area contributed by atoms with Crippen molar-refractivity contribution in [2.45, 2.75) is 6.42 Å². The van der Waals surface area contributed by atoms with Gasteiger partial charge in [0.2, 0.25) is 5.95 Å². The van der Waals surface area contributed by atoms with Gasteiger partial charge in [-0.25, -0.2) is 9.97 Å². The third-order valence-electron chi connectivity index (χ3n) is 3.25. The molecule has 0 spiro atoms. The molecular formula is C14H16N4O. The number of anilines is 1. The summed E-state index contributed by atoms with van der Waals surface area (Å²) in [5.74, 6) is 1.47. The summed E-state index contributed by atoms with van der Waals surface area (Å²) in [6.45, 7) is 1.23. The number of nitrogens with zero attached hydrogens (tertiary/aromatic N) is 2. The lowest BCUT2D eigenvalue weighted by Crippen LogP contribution is -2.15. The van der Waals surface area contributed by atoms with Gasteiger partial charge >= 0.3 is 0 Å². The highest BCUT2D eigenvalue weighted by molar-refractivity contribution is 5.75. The predicted molar refractivity (Wildman–Crippen MR) is 74.4 cm³/mol. The molecule has 3 N–H and O–H groups in total. The Kier molecular flexibility index (Phi) is 3.05. The minimum Gasteiger partial charge on any atom is -0.497 e. The number of benzene rings is 1. The molecule has 1 aliphatic rings. The molecule has 3 rings (SSSR count). The SMILES string of the molecule is COc1ccc2c(c1)-c1nc(NCCN)ncc1C2. The number of nitrogens with two attached hydrogens (primary N) is 1. The first-order valence-electron chi connectivity index (χ1n) is 6.29. The van der Waals surface area contributed by atoms with Gasteiger partial charge in [-0.15, -0.1) is 0 Å². The summed E-state index contributed by atoms with van der Waals surface area (Å²) in [5, 5.41) is 3.10. The van der Waals surface area contributed by atoms with E-state index in [0.717, 1.165) is 29.0 Å². The molecule has 0 saturated heterocycles. The smallest absolute Gasteiger partial charge is 0.223 e. The molecule has 5 heteroatoms. The van der Waals surface area contributed by atoms with Crippen LogP contribution in [0.2, 0.25) is 0 Å². The molecule has 1 aromatic carbocycles. The van der Waals surface area contributed by atoms with Gasteiger partial charge in [-0.1, -0.05) is 6.07 Å². The van der Waals surface area contributed by atoms with Crippen LogP contribution in [0.3, 0.4) is 0 Å². The third kappa shape index (κ3) is 2.13. The Labute approximate surface area is 111 Å². The maximum Gasteiger partial charge on any atom is 0.223 e. The summed E-state index contributed by atoms with van der Waals surface area (Å²) in [5.41, 5.74) is 10.0. The van der Waals surface area contributed by atoms with Crippen molar-refractivity contribution >= 4 is 5.95 Å². The lowest BCUT2D eigenvalue weighted by atomic mass is 10.1. The highest BCUT2D eigenvalue weighted by Gasteiger charge is 2.21. The van der Waals surface area contributed by atoms with Crippen LogP contribution in [0.4, 0.5) is 5.95 Å². The van der Waals surface area contributed by atoms with E-state index >= 15 is 0 Å². The maximum atomic E-state index is 5.47. The average molecular weight is 256 g/mol. The van der Waals surface area contributed by atoms with Crippen LogP contribution in [-0.4, -0.2) is 30.2 Å². The molecule has 1 heterocycles. The van der Waals surface area contributed by atoms with E-state index in [4.69, 9.17) is 10.5 Å². The van der Waals surface area contributed by atoms with E-state index in [9.17, 15) is 0 Å². The molecule has 0 fully saturated rings. The minimum atomic E-state index is 0.560. The highest BCUT2D eigenvalue weighted by atomic mass is 16.5. The van der Waals surface area contributed by atoms with Crippen molar-refractivity contribution in [1.82, 2.24) is 9.97 Å². The zero-order chi connectivity index (χ0) is 13.2. The first-order chi connectivity index (χ1) is 9.31. The van der Waals surface area contributed by atoms with Crippen molar-refractivity contribution in [3.05, 3.63) is 35.5 Å². The summed E-state index contributed by atoms with van der Waals surface area (Å²) < 4.78 is 5.27. The van der Waals surface area contributed by atoms with Crippen LogP contribution in [0.5, 0.6) is 5.75 Å². The number of fused-ring (bicyclic) bond motifs is 3. The molecule has 0 amide bonds. The molecule has 5 nitrogen and oxygen atoms in total. The number of aromatic nitrogens is 2. The first-order valence-corrected chi connectivity index (χ1v) is 6.29.